The molecular formula is C15H25NO. The molecule has 1 aromatic carbocycles. The molecule has 0 aromatic heterocycles. The minimum absolute atomic E-state index is 0.0757. The molecule has 2 heteroatoms. The third kappa shape index (κ3) is 4.49. The number of aryl methyl sites for hydroxylation is 1. The van der Waals surface area contributed by atoms with E-state index in [1.54, 1.807) is 0 Å². The van der Waals surface area contributed by atoms with Gasteiger partial charge in [0.2, 0.25) is 0 Å². The van der Waals surface area contributed by atoms with Crippen molar-refractivity contribution in [2.45, 2.75) is 51.6 Å². The monoisotopic (exact) mass is 235 g/mol. The molecule has 2 atom stereocenters. The van der Waals surface area contributed by atoms with E-state index in [1.807, 2.05) is 6.07 Å². The minimum Gasteiger partial charge on any atom is -0.392 e. The third-order valence-corrected chi connectivity index (χ3v) is 3.29. The van der Waals surface area contributed by atoms with Crippen molar-refractivity contribution < 1.29 is 5.11 Å². The van der Waals surface area contributed by atoms with Crippen LogP contribution in [0.2, 0.25) is 0 Å². The van der Waals surface area contributed by atoms with Crippen LogP contribution in [0.1, 0.15) is 49.7 Å². The Morgan fingerprint density at radius 1 is 1.29 bits per heavy atom. The molecule has 0 spiro atoms. The van der Waals surface area contributed by atoms with Crippen molar-refractivity contribution in [2.24, 2.45) is 5.73 Å². The summed E-state index contributed by atoms with van der Waals surface area (Å²) in [4.78, 5) is 0. The molecule has 2 unspecified atom stereocenters. The van der Waals surface area contributed by atoms with Crippen LogP contribution < -0.4 is 5.73 Å². The normalized spacial score (nSPS) is 14.6. The largest absolute Gasteiger partial charge is 0.392 e. The Hall–Kier alpha value is -0.860. The van der Waals surface area contributed by atoms with Gasteiger partial charge in [-0.1, -0.05) is 56.0 Å². The van der Waals surface area contributed by atoms with E-state index < -0.39 is 0 Å². The highest BCUT2D eigenvalue weighted by molar-refractivity contribution is 5.26. The second-order valence-corrected chi connectivity index (χ2v) is 4.82. The van der Waals surface area contributed by atoms with Gasteiger partial charge in [-0.2, -0.15) is 0 Å². The van der Waals surface area contributed by atoms with Gasteiger partial charge in [-0.3, -0.25) is 0 Å². The first-order valence-electron chi connectivity index (χ1n) is 6.63. The van der Waals surface area contributed by atoms with Crippen LogP contribution >= 0.6 is 0 Å². The Balaban J connectivity index is 2.63. The van der Waals surface area contributed by atoms with Gasteiger partial charge in [0.25, 0.3) is 0 Å². The summed E-state index contributed by atoms with van der Waals surface area (Å²) in [5.41, 5.74) is 8.19. The van der Waals surface area contributed by atoms with E-state index in [4.69, 9.17) is 5.73 Å². The van der Waals surface area contributed by atoms with Gasteiger partial charge in [0.1, 0.15) is 0 Å². The van der Waals surface area contributed by atoms with Crippen LogP contribution in [-0.2, 0) is 0 Å². The van der Waals surface area contributed by atoms with Crippen LogP contribution in [0.15, 0.2) is 24.3 Å². The Labute approximate surface area is 105 Å². The molecular weight excluding hydrogens is 210 g/mol. The lowest BCUT2D eigenvalue weighted by atomic mass is 9.89. The lowest BCUT2D eigenvalue weighted by molar-refractivity contribution is 0.132. The second-order valence-electron chi connectivity index (χ2n) is 4.82. The molecule has 0 heterocycles. The van der Waals surface area contributed by atoms with Gasteiger partial charge in [0.15, 0.2) is 0 Å². The second kappa shape index (κ2) is 7.46. The van der Waals surface area contributed by atoms with Crippen LogP contribution in [0.5, 0.6) is 0 Å². The molecule has 0 aliphatic carbocycles. The smallest absolute Gasteiger partial charge is 0.0620 e. The summed E-state index contributed by atoms with van der Waals surface area (Å²) >= 11 is 0. The summed E-state index contributed by atoms with van der Waals surface area (Å²) in [5, 5.41) is 10.2. The van der Waals surface area contributed by atoms with Crippen molar-refractivity contribution in [1.82, 2.24) is 0 Å². The van der Waals surface area contributed by atoms with E-state index in [9.17, 15) is 5.11 Å². The highest BCUT2D eigenvalue weighted by atomic mass is 16.3. The maximum atomic E-state index is 10.2. The van der Waals surface area contributed by atoms with Crippen molar-refractivity contribution in [2.75, 3.05) is 6.54 Å². The quantitative estimate of drug-likeness (QED) is 0.714. The fourth-order valence-electron chi connectivity index (χ4n) is 2.22. The van der Waals surface area contributed by atoms with Crippen LogP contribution in [0.25, 0.3) is 0 Å². The van der Waals surface area contributed by atoms with Gasteiger partial charge in [-0.05, 0) is 18.9 Å². The third-order valence-electron chi connectivity index (χ3n) is 3.29. The van der Waals surface area contributed by atoms with Crippen LogP contribution in [0.4, 0.5) is 0 Å². The summed E-state index contributed by atoms with van der Waals surface area (Å²) in [6.07, 6.45) is 3.99. The van der Waals surface area contributed by atoms with Crippen molar-refractivity contribution in [1.29, 1.82) is 0 Å². The first-order chi connectivity index (χ1) is 8.19. The molecule has 0 amide bonds. The van der Waals surface area contributed by atoms with E-state index in [2.05, 4.69) is 32.0 Å². The molecule has 17 heavy (non-hydrogen) atoms. The molecule has 3 N–H and O–H groups in total. The number of aliphatic hydroxyl groups excluding tert-OH is 1. The van der Waals surface area contributed by atoms with Gasteiger partial charge in [-0.25, -0.2) is 0 Å². The molecule has 0 bridgehead atoms. The van der Waals surface area contributed by atoms with Crippen LogP contribution in [0, 0.1) is 6.92 Å². The molecule has 2 nitrogen and oxygen atoms in total. The van der Waals surface area contributed by atoms with Crippen molar-refractivity contribution >= 4 is 0 Å². The average Bonchev–Trinajstić information content (AvgIpc) is 2.30. The molecule has 96 valence electrons. The zero-order valence-electron chi connectivity index (χ0n) is 11.0. The number of hydrogen-bond acceptors (Lipinski definition) is 2. The standard InChI is InChI=1S/C15H25NO/c1-3-4-5-9-15(17)14(11-16)13-8-6-7-12(2)10-13/h6-8,10,14-15,17H,3-5,9,11,16H2,1-2H3. The van der Waals surface area contributed by atoms with E-state index in [-0.39, 0.29) is 12.0 Å². The maximum absolute atomic E-state index is 10.2. The minimum atomic E-state index is -0.312. The topological polar surface area (TPSA) is 46.2 Å². The van der Waals surface area contributed by atoms with E-state index in [0.29, 0.717) is 6.54 Å². The number of benzene rings is 1. The van der Waals surface area contributed by atoms with Gasteiger partial charge < -0.3 is 10.8 Å². The molecule has 0 fully saturated rings. The number of nitrogens with two attached hydrogens (primary N) is 1. The molecule has 0 aliphatic heterocycles. The molecule has 0 saturated heterocycles. The van der Waals surface area contributed by atoms with Gasteiger partial charge >= 0.3 is 0 Å². The fraction of sp³-hybridized carbons (Fsp3) is 0.600. The number of hydrogen-bond donors (Lipinski definition) is 2. The van der Waals surface area contributed by atoms with Crippen molar-refractivity contribution in [3.63, 3.8) is 0 Å². The molecule has 1 aromatic rings. The predicted molar refractivity (Wildman–Crippen MR) is 73.1 cm³/mol. The van der Waals surface area contributed by atoms with Gasteiger partial charge in [-0.15, -0.1) is 0 Å². The molecule has 0 radical (unpaired) electrons. The highest BCUT2D eigenvalue weighted by Gasteiger charge is 2.19. The zero-order valence-corrected chi connectivity index (χ0v) is 11.0. The number of aliphatic hydroxyl groups is 1. The zero-order chi connectivity index (χ0) is 12.7. The van der Waals surface area contributed by atoms with Gasteiger partial charge in [0.05, 0.1) is 6.10 Å². The Morgan fingerprint density at radius 2 is 2.06 bits per heavy atom. The SMILES string of the molecule is CCCCCC(O)C(CN)c1cccc(C)c1. The van der Waals surface area contributed by atoms with Gasteiger partial charge in [0, 0.05) is 12.5 Å². The Bertz CT molecular complexity index is 324. The van der Waals surface area contributed by atoms with E-state index in [1.165, 1.54) is 18.4 Å². The summed E-state index contributed by atoms with van der Waals surface area (Å²) < 4.78 is 0. The van der Waals surface area contributed by atoms with Crippen LogP contribution in [-0.4, -0.2) is 17.8 Å². The maximum Gasteiger partial charge on any atom is 0.0620 e. The van der Waals surface area contributed by atoms with Crippen molar-refractivity contribution in [3.05, 3.63) is 35.4 Å². The number of rotatable bonds is 7. The average molecular weight is 235 g/mol. The highest BCUT2D eigenvalue weighted by Crippen LogP contribution is 2.23. The summed E-state index contributed by atoms with van der Waals surface area (Å²) in [6.45, 7) is 4.75. The predicted octanol–water partition coefficient (Wildman–Crippen LogP) is 2.98. The van der Waals surface area contributed by atoms with E-state index in [0.717, 1.165) is 18.4 Å². The first-order valence-corrected chi connectivity index (χ1v) is 6.63. The van der Waals surface area contributed by atoms with Crippen LogP contribution in [0.3, 0.4) is 0 Å². The summed E-state index contributed by atoms with van der Waals surface area (Å²) in [6, 6.07) is 8.29. The first kappa shape index (κ1) is 14.2. The molecule has 1 rings (SSSR count). The molecule has 0 saturated carbocycles. The summed E-state index contributed by atoms with van der Waals surface area (Å²) in [5.74, 6) is 0.0757. The summed E-state index contributed by atoms with van der Waals surface area (Å²) in [7, 11) is 0. The lowest BCUT2D eigenvalue weighted by Gasteiger charge is -2.22. The van der Waals surface area contributed by atoms with E-state index >= 15 is 0 Å². The fourth-order valence-corrected chi connectivity index (χ4v) is 2.22. The number of unbranched alkanes of at least 4 members (excludes halogenated alkanes) is 2. The lowest BCUT2D eigenvalue weighted by Crippen LogP contribution is -2.26. The Morgan fingerprint density at radius 3 is 2.65 bits per heavy atom. The molecule has 0 aliphatic rings. The Kier molecular flexibility index (Phi) is 6.23. The van der Waals surface area contributed by atoms with Crippen molar-refractivity contribution in [3.8, 4) is 0 Å².